The zero-order valence-corrected chi connectivity index (χ0v) is 18.8. The minimum Gasteiger partial charge on any atom is -0.316 e. The van der Waals surface area contributed by atoms with Crippen molar-refractivity contribution in [1.82, 2.24) is 0 Å². The monoisotopic (exact) mass is 443 g/mol. The fraction of sp³-hybridized carbons (Fsp3) is 0.519. The first kappa shape index (κ1) is 24.3. The van der Waals surface area contributed by atoms with Crippen LogP contribution in [-0.4, -0.2) is 6.61 Å². The van der Waals surface area contributed by atoms with Crippen molar-refractivity contribution in [2.24, 2.45) is 5.92 Å². The van der Waals surface area contributed by atoms with E-state index in [-0.39, 0.29) is 18.9 Å². The molecule has 1 aliphatic rings. The molecule has 2 aromatic rings. The molecular formula is C27H32F3NO. The van der Waals surface area contributed by atoms with Gasteiger partial charge in [-0.05, 0) is 79.3 Å². The Hall–Kier alpha value is -2.32. The van der Waals surface area contributed by atoms with Crippen LogP contribution in [0.3, 0.4) is 0 Å². The highest BCUT2D eigenvalue weighted by Crippen LogP contribution is 2.39. The molecule has 0 amide bonds. The molecule has 1 saturated carbocycles. The molecule has 0 bridgehead atoms. The van der Waals surface area contributed by atoms with Gasteiger partial charge in [-0.2, -0.15) is 14.0 Å². The van der Waals surface area contributed by atoms with E-state index in [2.05, 4.69) is 6.92 Å². The number of hydrogen-bond donors (Lipinski definition) is 0. The fourth-order valence-electron chi connectivity index (χ4n) is 4.61. The molecule has 2 nitrogen and oxygen atoms in total. The van der Waals surface area contributed by atoms with E-state index in [1.54, 1.807) is 30.3 Å². The maximum Gasteiger partial charge on any atom is 0.386 e. The third kappa shape index (κ3) is 6.59. The second-order valence-corrected chi connectivity index (χ2v) is 8.88. The maximum absolute atomic E-state index is 14.6. The van der Waals surface area contributed by atoms with Crippen molar-refractivity contribution < 1.29 is 17.9 Å². The van der Waals surface area contributed by atoms with Crippen LogP contribution < -0.4 is 0 Å². The lowest BCUT2D eigenvalue weighted by molar-refractivity contribution is -0.249. The molecule has 1 aliphatic carbocycles. The first-order valence-corrected chi connectivity index (χ1v) is 11.7. The summed E-state index contributed by atoms with van der Waals surface area (Å²) >= 11 is 0. The van der Waals surface area contributed by atoms with Crippen molar-refractivity contribution in [1.29, 1.82) is 5.26 Å². The molecule has 0 atom stereocenters. The van der Waals surface area contributed by atoms with E-state index >= 15 is 0 Å². The normalized spacial score (nSPS) is 19.0. The van der Waals surface area contributed by atoms with Crippen molar-refractivity contribution in [2.75, 3.05) is 6.61 Å². The Balaban J connectivity index is 1.53. The average molecular weight is 444 g/mol. The number of nitriles is 1. The van der Waals surface area contributed by atoms with E-state index < -0.39 is 17.5 Å². The Bertz CT molecular complexity index is 896. The van der Waals surface area contributed by atoms with Crippen LogP contribution in [-0.2, 0) is 17.3 Å². The highest BCUT2D eigenvalue weighted by Gasteiger charge is 2.36. The van der Waals surface area contributed by atoms with Crippen LogP contribution in [0.15, 0.2) is 42.5 Å². The molecule has 32 heavy (non-hydrogen) atoms. The zero-order chi connectivity index (χ0) is 23.0. The molecule has 2 aromatic carbocycles. The van der Waals surface area contributed by atoms with Crippen LogP contribution >= 0.6 is 0 Å². The third-order valence-corrected chi connectivity index (χ3v) is 6.60. The van der Waals surface area contributed by atoms with Gasteiger partial charge in [0, 0.05) is 0 Å². The number of alkyl halides is 2. The number of halogens is 3. The molecule has 3 rings (SSSR count). The number of unbranched alkanes of at least 4 members (excludes halogenated alkanes) is 2. The van der Waals surface area contributed by atoms with Gasteiger partial charge in [0.25, 0.3) is 0 Å². The molecule has 0 spiro atoms. The molecule has 0 unspecified atom stereocenters. The topological polar surface area (TPSA) is 33.0 Å². The van der Waals surface area contributed by atoms with E-state index in [1.165, 1.54) is 37.8 Å². The minimum atomic E-state index is -3.69. The predicted octanol–water partition coefficient (Wildman–Crippen LogP) is 7.86. The van der Waals surface area contributed by atoms with E-state index in [1.807, 2.05) is 6.07 Å². The van der Waals surface area contributed by atoms with Gasteiger partial charge in [-0.3, -0.25) is 0 Å². The van der Waals surface area contributed by atoms with Gasteiger partial charge in [-0.1, -0.05) is 50.8 Å². The van der Waals surface area contributed by atoms with E-state index in [0.717, 1.165) is 42.7 Å². The number of nitrogens with zero attached hydrogens (tertiary/aromatic N) is 1. The maximum atomic E-state index is 14.6. The summed E-state index contributed by atoms with van der Waals surface area (Å²) in [4.78, 5) is 0. The quantitative estimate of drug-likeness (QED) is 0.350. The Morgan fingerprint density at radius 2 is 1.75 bits per heavy atom. The summed E-state index contributed by atoms with van der Waals surface area (Å²) in [5.41, 5.74) is 1.38. The summed E-state index contributed by atoms with van der Waals surface area (Å²) < 4.78 is 48.4. The van der Waals surface area contributed by atoms with Crippen molar-refractivity contribution >= 4 is 0 Å². The van der Waals surface area contributed by atoms with Crippen LogP contribution in [0.5, 0.6) is 0 Å². The van der Waals surface area contributed by atoms with E-state index in [9.17, 15) is 13.2 Å². The van der Waals surface area contributed by atoms with Gasteiger partial charge in [0.2, 0.25) is 0 Å². The van der Waals surface area contributed by atoms with Gasteiger partial charge in [-0.15, -0.1) is 0 Å². The molecule has 0 N–H and O–H groups in total. The lowest BCUT2D eigenvalue weighted by Crippen LogP contribution is -2.22. The largest absolute Gasteiger partial charge is 0.386 e. The zero-order valence-electron chi connectivity index (χ0n) is 18.8. The minimum absolute atomic E-state index is 0.242. The number of rotatable bonds is 10. The first-order chi connectivity index (χ1) is 15.4. The van der Waals surface area contributed by atoms with Crippen molar-refractivity contribution in [2.45, 2.75) is 76.7 Å². The van der Waals surface area contributed by atoms with Gasteiger partial charge in [0.15, 0.2) is 0 Å². The average Bonchev–Trinajstić information content (AvgIpc) is 2.80. The van der Waals surface area contributed by atoms with Gasteiger partial charge < -0.3 is 4.74 Å². The Morgan fingerprint density at radius 3 is 2.38 bits per heavy atom. The predicted molar refractivity (Wildman–Crippen MR) is 120 cm³/mol. The molecule has 1 fully saturated rings. The van der Waals surface area contributed by atoms with Crippen LogP contribution in [0.2, 0.25) is 0 Å². The summed E-state index contributed by atoms with van der Waals surface area (Å²) in [7, 11) is 0. The molecule has 5 heteroatoms. The Morgan fingerprint density at radius 1 is 1.03 bits per heavy atom. The molecular weight excluding hydrogens is 411 g/mol. The summed E-state index contributed by atoms with van der Waals surface area (Å²) in [6.45, 7) is 1.96. The lowest BCUT2D eigenvalue weighted by Gasteiger charge is -2.29. The second kappa shape index (κ2) is 11.5. The molecule has 0 heterocycles. The summed E-state index contributed by atoms with van der Waals surface area (Å²) in [5, 5.41) is 8.81. The van der Waals surface area contributed by atoms with Gasteiger partial charge in [0.05, 0.1) is 23.8 Å². The molecule has 0 saturated heterocycles. The standard InChI is InChI=1S/C27H32F3NO/c1-2-3-4-5-20-10-12-23(13-11-20)24-14-15-25(26(28)18-24)27(29,30)32-17-16-21-6-8-22(19-31)9-7-21/h6-9,14-15,18,20,23H,2-5,10-13,16-17H2,1H3/t20-,23-. The highest BCUT2D eigenvalue weighted by atomic mass is 19.3. The van der Waals surface area contributed by atoms with Gasteiger partial charge in [0.1, 0.15) is 5.82 Å². The number of ether oxygens (including phenoxy) is 1. The molecule has 172 valence electrons. The molecule has 0 aliphatic heterocycles. The van der Waals surface area contributed by atoms with Crippen LogP contribution in [0.25, 0.3) is 0 Å². The summed E-state index contributed by atoms with van der Waals surface area (Å²) in [5.74, 6) is 0.0820. The first-order valence-electron chi connectivity index (χ1n) is 11.7. The molecule has 0 aromatic heterocycles. The smallest absolute Gasteiger partial charge is 0.316 e. The SMILES string of the molecule is CCCCC[C@H]1CC[C@H](c2ccc(C(F)(F)OCCc3ccc(C#N)cc3)c(F)c2)CC1. The number of benzene rings is 2. The van der Waals surface area contributed by atoms with Crippen molar-refractivity contribution in [3.63, 3.8) is 0 Å². The van der Waals surface area contributed by atoms with Gasteiger partial charge >= 0.3 is 6.11 Å². The molecule has 0 radical (unpaired) electrons. The lowest BCUT2D eigenvalue weighted by atomic mass is 9.77. The highest BCUT2D eigenvalue weighted by molar-refractivity contribution is 5.32. The number of hydrogen-bond acceptors (Lipinski definition) is 2. The van der Waals surface area contributed by atoms with E-state index in [4.69, 9.17) is 10.00 Å². The van der Waals surface area contributed by atoms with Crippen LogP contribution in [0.1, 0.15) is 86.5 Å². The van der Waals surface area contributed by atoms with Crippen LogP contribution in [0, 0.1) is 23.1 Å². The van der Waals surface area contributed by atoms with Crippen molar-refractivity contribution in [3.8, 4) is 6.07 Å². The second-order valence-electron chi connectivity index (χ2n) is 8.88. The van der Waals surface area contributed by atoms with Crippen LogP contribution in [0.4, 0.5) is 13.2 Å². The summed E-state index contributed by atoms with van der Waals surface area (Å²) in [6, 6.07) is 12.8. The Labute approximate surface area is 189 Å². The Kier molecular flexibility index (Phi) is 8.75. The van der Waals surface area contributed by atoms with Crippen molar-refractivity contribution in [3.05, 3.63) is 70.5 Å². The van der Waals surface area contributed by atoms with E-state index in [0.29, 0.717) is 5.56 Å². The van der Waals surface area contributed by atoms with Gasteiger partial charge in [-0.25, -0.2) is 4.39 Å². The third-order valence-electron chi connectivity index (χ3n) is 6.60. The summed E-state index contributed by atoms with van der Waals surface area (Å²) in [6.07, 6.45) is 5.85. The fourth-order valence-corrected chi connectivity index (χ4v) is 4.61.